The highest BCUT2D eigenvalue weighted by Gasteiger charge is 2.34. The number of piperazine rings is 1. The van der Waals surface area contributed by atoms with Crippen LogP contribution in [0.1, 0.15) is 31.0 Å². The molecule has 1 N–H and O–H groups in total. The zero-order chi connectivity index (χ0) is 23.5. The quantitative estimate of drug-likeness (QED) is 0.522. The predicted octanol–water partition coefficient (Wildman–Crippen LogP) is 4.84. The largest absolute Gasteiger partial charge is 0.416 e. The minimum Gasteiger partial charge on any atom is -0.362 e. The third kappa shape index (κ3) is 5.30. The molecule has 10 heteroatoms. The molecule has 3 rings (SSSR count). The number of urea groups is 1. The lowest BCUT2D eigenvalue weighted by atomic mass is 9.96. The van der Waals surface area contributed by atoms with Crippen molar-refractivity contribution in [3.63, 3.8) is 0 Å². The maximum atomic E-state index is 12.9. The van der Waals surface area contributed by atoms with Gasteiger partial charge in [0.05, 0.1) is 16.5 Å². The molecule has 0 saturated carbocycles. The van der Waals surface area contributed by atoms with E-state index >= 15 is 0 Å². The van der Waals surface area contributed by atoms with Crippen molar-refractivity contribution >= 4 is 17.4 Å². The fourth-order valence-corrected chi connectivity index (χ4v) is 3.78. The molecule has 7 nitrogen and oxygen atoms in total. The number of hydrogen-bond acceptors (Lipinski definition) is 4. The molecule has 2 aromatic rings. The Morgan fingerprint density at radius 2 is 1.69 bits per heavy atom. The predicted molar refractivity (Wildman–Crippen MR) is 114 cm³/mol. The summed E-state index contributed by atoms with van der Waals surface area (Å²) >= 11 is 0. The van der Waals surface area contributed by atoms with Crippen LogP contribution >= 0.6 is 0 Å². The number of anilines is 1. The number of nitro benzene ring substituents is 1. The second kappa shape index (κ2) is 9.46. The maximum absolute atomic E-state index is 12.9. The molecule has 0 aliphatic carbocycles. The minimum atomic E-state index is -4.66. The summed E-state index contributed by atoms with van der Waals surface area (Å²) in [7, 11) is 0. The van der Waals surface area contributed by atoms with Gasteiger partial charge in [-0.05, 0) is 23.6 Å². The second-order valence-corrected chi connectivity index (χ2v) is 8.01. The van der Waals surface area contributed by atoms with Gasteiger partial charge < -0.3 is 15.1 Å². The Balaban J connectivity index is 1.68. The minimum absolute atomic E-state index is 0.118. The Hall–Kier alpha value is -3.30. The number of halogens is 3. The normalized spacial score (nSPS) is 15.6. The molecule has 0 aromatic heterocycles. The van der Waals surface area contributed by atoms with E-state index in [0.717, 1.165) is 17.7 Å². The lowest BCUT2D eigenvalue weighted by Gasteiger charge is -2.37. The smallest absolute Gasteiger partial charge is 0.362 e. The molecule has 172 valence electrons. The van der Waals surface area contributed by atoms with Gasteiger partial charge >= 0.3 is 12.2 Å². The number of nitrogens with zero attached hydrogens (tertiary/aromatic N) is 3. The van der Waals surface area contributed by atoms with Crippen LogP contribution < -0.4 is 10.2 Å². The molecule has 1 aliphatic heterocycles. The molecule has 0 radical (unpaired) electrons. The lowest BCUT2D eigenvalue weighted by Crippen LogP contribution is -2.52. The van der Waals surface area contributed by atoms with Crippen LogP contribution in [0.5, 0.6) is 0 Å². The van der Waals surface area contributed by atoms with Crippen LogP contribution in [-0.4, -0.2) is 42.0 Å². The Morgan fingerprint density at radius 1 is 1.06 bits per heavy atom. The number of rotatable bonds is 5. The van der Waals surface area contributed by atoms with E-state index in [-0.39, 0.29) is 36.8 Å². The Bertz CT molecular complexity index is 959. The average molecular weight is 450 g/mol. The van der Waals surface area contributed by atoms with Gasteiger partial charge in [-0.25, -0.2) is 4.79 Å². The van der Waals surface area contributed by atoms with Gasteiger partial charge in [-0.2, -0.15) is 13.2 Å². The van der Waals surface area contributed by atoms with Crippen LogP contribution in [0.15, 0.2) is 48.5 Å². The van der Waals surface area contributed by atoms with Crippen LogP contribution in [0.4, 0.5) is 29.3 Å². The van der Waals surface area contributed by atoms with E-state index < -0.39 is 22.4 Å². The number of nitrogens with one attached hydrogen (secondary N) is 1. The molecule has 0 unspecified atom stereocenters. The van der Waals surface area contributed by atoms with E-state index in [1.54, 1.807) is 9.80 Å². The van der Waals surface area contributed by atoms with Crippen LogP contribution in [0.25, 0.3) is 0 Å². The summed E-state index contributed by atoms with van der Waals surface area (Å²) in [6.45, 7) is 5.17. The van der Waals surface area contributed by atoms with Gasteiger partial charge in [0.15, 0.2) is 0 Å². The number of nitro groups is 1. The van der Waals surface area contributed by atoms with E-state index in [0.29, 0.717) is 19.2 Å². The number of hydrogen-bond donors (Lipinski definition) is 1. The Kier molecular flexibility index (Phi) is 6.90. The average Bonchev–Trinajstić information content (AvgIpc) is 2.76. The summed E-state index contributed by atoms with van der Waals surface area (Å²) in [4.78, 5) is 26.6. The summed E-state index contributed by atoms with van der Waals surface area (Å²) in [6, 6.07) is 11.7. The first-order valence-corrected chi connectivity index (χ1v) is 10.3. The van der Waals surface area contributed by atoms with Crippen LogP contribution in [0.3, 0.4) is 0 Å². The molecule has 0 spiro atoms. The van der Waals surface area contributed by atoms with Crippen molar-refractivity contribution in [1.29, 1.82) is 0 Å². The molecule has 32 heavy (non-hydrogen) atoms. The summed E-state index contributed by atoms with van der Waals surface area (Å²) in [6.07, 6.45) is -4.66. The number of alkyl halides is 3. The molecular formula is C22H25F3N4O3. The summed E-state index contributed by atoms with van der Waals surface area (Å²) in [5, 5.41) is 14.4. The standard InChI is InChI=1S/C22H25F3N4O3/c1-15(2)20(16-6-4-3-5-7-16)26-21(30)28-12-10-27(11-13-28)18-9-8-17(22(23,24)25)14-19(18)29(31)32/h3-9,14-15,20H,10-13H2,1-2H3,(H,26,30)/t20-/m1/s1. The van der Waals surface area contributed by atoms with Gasteiger partial charge in [0, 0.05) is 32.2 Å². The van der Waals surface area contributed by atoms with Crippen molar-refractivity contribution in [3.05, 3.63) is 69.8 Å². The summed E-state index contributed by atoms with van der Waals surface area (Å²) in [5.41, 5.74) is -0.546. The molecule has 1 saturated heterocycles. The number of amides is 2. The molecule has 1 fully saturated rings. The van der Waals surface area contributed by atoms with E-state index in [9.17, 15) is 28.1 Å². The van der Waals surface area contributed by atoms with Gasteiger partial charge in [0.2, 0.25) is 0 Å². The van der Waals surface area contributed by atoms with Gasteiger partial charge in [0.25, 0.3) is 5.69 Å². The fourth-order valence-electron chi connectivity index (χ4n) is 3.78. The second-order valence-electron chi connectivity index (χ2n) is 8.01. The molecule has 2 amide bonds. The molecular weight excluding hydrogens is 425 g/mol. The maximum Gasteiger partial charge on any atom is 0.416 e. The number of carbonyl (C=O) groups excluding carboxylic acids is 1. The zero-order valence-electron chi connectivity index (χ0n) is 17.8. The SMILES string of the molecule is CC(C)[C@@H](NC(=O)N1CCN(c2ccc(C(F)(F)F)cc2[N+](=O)[O-])CC1)c1ccccc1. The molecule has 1 heterocycles. The van der Waals surface area contributed by atoms with E-state index in [4.69, 9.17) is 0 Å². The van der Waals surface area contributed by atoms with Gasteiger partial charge in [-0.15, -0.1) is 0 Å². The van der Waals surface area contributed by atoms with Crippen LogP contribution in [0.2, 0.25) is 0 Å². The first-order chi connectivity index (χ1) is 15.1. The van der Waals surface area contributed by atoms with Gasteiger partial charge in [0.1, 0.15) is 5.69 Å². The van der Waals surface area contributed by atoms with Crippen molar-refractivity contribution in [2.24, 2.45) is 5.92 Å². The van der Waals surface area contributed by atoms with Crippen LogP contribution in [0, 0.1) is 16.0 Å². The van der Waals surface area contributed by atoms with Crippen molar-refractivity contribution in [2.75, 3.05) is 31.1 Å². The summed E-state index contributed by atoms with van der Waals surface area (Å²) in [5.74, 6) is 0.164. The van der Waals surface area contributed by atoms with Crippen molar-refractivity contribution in [2.45, 2.75) is 26.1 Å². The fraction of sp³-hybridized carbons (Fsp3) is 0.409. The number of benzene rings is 2. The van der Waals surface area contributed by atoms with Crippen molar-refractivity contribution in [3.8, 4) is 0 Å². The third-order valence-electron chi connectivity index (χ3n) is 5.51. The van der Waals surface area contributed by atoms with Crippen molar-refractivity contribution in [1.82, 2.24) is 10.2 Å². The van der Waals surface area contributed by atoms with Crippen LogP contribution in [-0.2, 0) is 6.18 Å². The van der Waals surface area contributed by atoms with E-state index in [1.165, 1.54) is 0 Å². The highest BCUT2D eigenvalue weighted by Crippen LogP contribution is 2.36. The topological polar surface area (TPSA) is 78.7 Å². The summed E-state index contributed by atoms with van der Waals surface area (Å²) < 4.78 is 38.8. The lowest BCUT2D eigenvalue weighted by molar-refractivity contribution is -0.384. The first kappa shape index (κ1) is 23.4. The molecule has 1 aliphatic rings. The Labute approximate surface area is 184 Å². The monoisotopic (exact) mass is 450 g/mol. The zero-order valence-corrected chi connectivity index (χ0v) is 17.8. The third-order valence-corrected chi connectivity index (χ3v) is 5.51. The number of carbonyl (C=O) groups is 1. The molecule has 0 bridgehead atoms. The van der Waals surface area contributed by atoms with Gasteiger partial charge in [-0.1, -0.05) is 44.2 Å². The van der Waals surface area contributed by atoms with E-state index in [1.807, 2.05) is 44.2 Å². The Morgan fingerprint density at radius 3 is 2.22 bits per heavy atom. The van der Waals surface area contributed by atoms with Gasteiger partial charge in [-0.3, -0.25) is 10.1 Å². The molecule has 2 aromatic carbocycles. The van der Waals surface area contributed by atoms with Crippen molar-refractivity contribution < 1.29 is 22.9 Å². The highest BCUT2D eigenvalue weighted by atomic mass is 19.4. The first-order valence-electron chi connectivity index (χ1n) is 10.3. The van der Waals surface area contributed by atoms with E-state index in [2.05, 4.69) is 5.32 Å². The molecule has 1 atom stereocenters. The highest BCUT2D eigenvalue weighted by molar-refractivity contribution is 5.75.